The molecule has 234 valence electrons. The molecule has 0 bridgehead atoms. The number of aromatic nitrogens is 3. The molecule has 1 N–H and O–H groups in total. The SMILES string of the molecule is CC(C)(C)OC(=O)N1CC2(CCC2)[C@H](O)C[C@H]1C(=O)N1CCC(c2ccc(F)cn2)(c2noc(C3CC(F)(F)C3)n2)CC1. The van der Waals surface area contributed by atoms with Crippen LogP contribution in [0, 0.1) is 11.2 Å². The van der Waals surface area contributed by atoms with Gasteiger partial charge in [0.15, 0.2) is 5.82 Å². The van der Waals surface area contributed by atoms with E-state index in [-0.39, 0.29) is 56.5 Å². The predicted octanol–water partition coefficient (Wildman–Crippen LogP) is 4.57. The number of pyridine rings is 1. The number of amides is 2. The van der Waals surface area contributed by atoms with Gasteiger partial charge in [0.1, 0.15) is 17.5 Å². The van der Waals surface area contributed by atoms with Crippen LogP contribution in [0.2, 0.25) is 0 Å². The summed E-state index contributed by atoms with van der Waals surface area (Å²) in [5.74, 6) is -3.69. The van der Waals surface area contributed by atoms with E-state index in [1.807, 2.05) is 0 Å². The van der Waals surface area contributed by atoms with Gasteiger partial charge >= 0.3 is 6.09 Å². The van der Waals surface area contributed by atoms with Crippen molar-refractivity contribution < 1.29 is 37.1 Å². The molecule has 2 atom stereocenters. The lowest BCUT2D eigenvalue weighted by Gasteiger charge is -2.54. The molecule has 0 unspecified atom stereocenters. The summed E-state index contributed by atoms with van der Waals surface area (Å²) in [6.07, 6.45) is 2.37. The van der Waals surface area contributed by atoms with Crippen LogP contribution in [0.4, 0.5) is 18.0 Å². The highest BCUT2D eigenvalue weighted by atomic mass is 19.3. The summed E-state index contributed by atoms with van der Waals surface area (Å²) >= 11 is 0. The van der Waals surface area contributed by atoms with Crippen molar-refractivity contribution in [3.05, 3.63) is 41.6 Å². The Kier molecular flexibility index (Phi) is 7.25. The molecular weight excluding hydrogens is 567 g/mol. The van der Waals surface area contributed by atoms with E-state index in [4.69, 9.17) is 9.26 Å². The lowest BCUT2D eigenvalue weighted by Crippen LogP contribution is -2.65. The van der Waals surface area contributed by atoms with Crippen LogP contribution in [0.3, 0.4) is 0 Å². The molecule has 2 aliphatic carbocycles. The van der Waals surface area contributed by atoms with Crippen LogP contribution in [-0.2, 0) is 14.9 Å². The lowest BCUT2D eigenvalue weighted by molar-refractivity contribution is -0.153. The summed E-state index contributed by atoms with van der Waals surface area (Å²) in [7, 11) is 0. The van der Waals surface area contributed by atoms with Crippen LogP contribution in [0.1, 0.15) is 95.5 Å². The Labute approximate surface area is 248 Å². The number of aliphatic hydroxyl groups excluding tert-OH is 1. The van der Waals surface area contributed by atoms with E-state index < -0.39 is 52.3 Å². The zero-order valence-corrected chi connectivity index (χ0v) is 24.7. The van der Waals surface area contributed by atoms with Crippen molar-refractivity contribution in [1.29, 1.82) is 0 Å². The van der Waals surface area contributed by atoms with Crippen LogP contribution in [0.25, 0.3) is 0 Å². The number of carbonyl (C=O) groups is 2. The molecule has 6 rings (SSSR count). The third-order valence-electron chi connectivity index (χ3n) is 9.73. The molecule has 13 heteroatoms. The summed E-state index contributed by atoms with van der Waals surface area (Å²) in [5.41, 5.74) is -1.62. The number of aliphatic hydroxyl groups is 1. The quantitative estimate of drug-likeness (QED) is 0.538. The summed E-state index contributed by atoms with van der Waals surface area (Å²) in [6.45, 7) is 6.04. The normalized spacial score (nSPS) is 26.5. The summed E-state index contributed by atoms with van der Waals surface area (Å²) < 4.78 is 51.9. The van der Waals surface area contributed by atoms with Gasteiger partial charge in [-0.3, -0.25) is 14.7 Å². The van der Waals surface area contributed by atoms with Crippen molar-refractivity contribution in [1.82, 2.24) is 24.9 Å². The summed E-state index contributed by atoms with van der Waals surface area (Å²) in [4.78, 5) is 39.3. The van der Waals surface area contributed by atoms with Gasteiger partial charge in [-0.2, -0.15) is 4.98 Å². The molecule has 2 aliphatic heterocycles. The lowest BCUT2D eigenvalue weighted by atomic mass is 9.61. The fraction of sp³-hybridized carbons (Fsp3) is 0.700. The van der Waals surface area contributed by atoms with Gasteiger partial charge in [-0.25, -0.2) is 18.0 Å². The van der Waals surface area contributed by atoms with Crippen LogP contribution in [0.15, 0.2) is 22.9 Å². The summed E-state index contributed by atoms with van der Waals surface area (Å²) in [5, 5.41) is 15.2. The zero-order chi connectivity index (χ0) is 30.8. The average molecular weight is 606 g/mol. The van der Waals surface area contributed by atoms with Crippen LogP contribution < -0.4 is 0 Å². The molecule has 43 heavy (non-hydrogen) atoms. The largest absolute Gasteiger partial charge is 0.444 e. The van der Waals surface area contributed by atoms with Crippen LogP contribution >= 0.6 is 0 Å². The van der Waals surface area contributed by atoms with Crippen molar-refractivity contribution in [2.24, 2.45) is 5.41 Å². The van der Waals surface area contributed by atoms with Crippen molar-refractivity contribution >= 4 is 12.0 Å². The fourth-order valence-electron chi connectivity index (χ4n) is 7.02. The van der Waals surface area contributed by atoms with E-state index in [9.17, 15) is 27.9 Å². The first-order chi connectivity index (χ1) is 20.2. The maximum absolute atomic E-state index is 14.0. The van der Waals surface area contributed by atoms with E-state index in [0.717, 1.165) is 25.5 Å². The minimum atomic E-state index is -2.75. The maximum atomic E-state index is 14.0. The second kappa shape index (κ2) is 10.4. The highest BCUT2D eigenvalue weighted by Crippen LogP contribution is 2.50. The first-order valence-corrected chi connectivity index (χ1v) is 15.0. The molecule has 4 fully saturated rings. The van der Waals surface area contributed by atoms with Crippen molar-refractivity contribution in [3.8, 4) is 0 Å². The van der Waals surface area contributed by atoms with E-state index in [2.05, 4.69) is 15.1 Å². The first-order valence-electron chi connectivity index (χ1n) is 15.0. The Bertz CT molecular complexity index is 1360. The number of hydrogen-bond acceptors (Lipinski definition) is 8. The Morgan fingerprint density at radius 3 is 2.37 bits per heavy atom. The number of piperidine rings is 2. The van der Waals surface area contributed by atoms with Gasteiger partial charge in [0.2, 0.25) is 17.7 Å². The molecule has 4 heterocycles. The minimum absolute atomic E-state index is 0.124. The third kappa shape index (κ3) is 5.49. The highest BCUT2D eigenvalue weighted by Gasteiger charge is 2.55. The number of nitrogens with zero attached hydrogens (tertiary/aromatic N) is 5. The number of rotatable bonds is 4. The third-order valence-corrected chi connectivity index (χ3v) is 9.73. The minimum Gasteiger partial charge on any atom is -0.444 e. The topological polar surface area (TPSA) is 122 Å². The van der Waals surface area contributed by atoms with Gasteiger partial charge in [0.25, 0.3) is 0 Å². The number of carbonyl (C=O) groups excluding carboxylic acids is 2. The number of halogens is 3. The van der Waals surface area contributed by atoms with Crippen LogP contribution in [-0.4, -0.2) is 85.3 Å². The smallest absolute Gasteiger partial charge is 0.410 e. The molecule has 2 saturated heterocycles. The second-order valence-corrected chi connectivity index (χ2v) is 13.8. The van der Waals surface area contributed by atoms with Crippen molar-refractivity contribution in [2.45, 2.75) is 107 Å². The number of alkyl halides is 2. The molecule has 0 radical (unpaired) electrons. The van der Waals surface area contributed by atoms with E-state index in [1.165, 1.54) is 11.0 Å². The Hall–Kier alpha value is -3.22. The molecule has 1 spiro atoms. The Balaban J connectivity index is 1.23. The Morgan fingerprint density at radius 1 is 1.12 bits per heavy atom. The second-order valence-electron chi connectivity index (χ2n) is 13.8. The van der Waals surface area contributed by atoms with Gasteiger partial charge in [-0.15, -0.1) is 0 Å². The van der Waals surface area contributed by atoms with Gasteiger partial charge in [-0.05, 0) is 58.6 Å². The summed E-state index contributed by atoms with van der Waals surface area (Å²) in [6, 6.07) is 1.94. The van der Waals surface area contributed by atoms with E-state index in [0.29, 0.717) is 18.5 Å². The van der Waals surface area contributed by atoms with Crippen molar-refractivity contribution in [3.63, 3.8) is 0 Å². The first kappa shape index (κ1) is 29.8. The van der Waals surface area contributed by atoms with Gasteiger partial charge < -0.3 is 19.3 Å². The Morgan fingerprint density at radius 2 is 1.81 bits per heavy atom. The number of ether oxygens (including phenoxy) is 1. The molecular formula is C30H38F3N5O5. The average Bonchev–Trinajstić information content (AvgIpc) is 3.40. The van der Waals surface area contributed by atoms with Gasteiger partial charge in [0, 0.05) is 50.2 Å². The van der Waals surface area contributed by atoms with E-state index in [1.54, 1.807) is 31.7 Å². The fourth-order valence-corrected chi connectivity index (χ4v) is 7.02. The monoisotopic (exact) mass is 605 g/mol. The molecule has 0 aromatic carbocycles. The van der Waals surface area contributed by atoms with Crippen LogP contribution in [0.5, 0.6) is 0 Å². The molecule has 2 aromatic heterocycles. The molecule has 2 aromatic rings. The number of hydrogen-bond donors (Lipinski definition) is 1. The van der Waals surface area contributed by atoms with E-state index >= 15 is 0 Å². The maximum Gasteiger partial charge on any atom is 0.410 e. The van der Waals surface area contributed by atoms with Gasteiger partial charge in [-0.1, -0.05) is 11.6 Å². The van der Waals surface area contributed by atoms with Gasteiger partial charge in [0.05, 0.1) is 23.4 Å². The highest BCUT2D eigenvalue weighted by molar-refractivity contribution is 5.86. The molecule has 2 saturated carbocycles. The zero-order valence-electron chi connectivity index (χ0n) is 24.7. The number of likely N-dealkylation sites (tertiary alicyclic amines) is 2. The predicted molar refractivity (Wildman–Crippen MR) is 146 cm³/mol. The van der Waals surface area contributed by atoms with Crippen molar-refractivity contribution in [2.75, 3.05) is 19.6 Å². The molecule has 4 aliphatic rings. The molecule has 10 nitrogen and oxygen atoms in total. The standard InChI is InChI=1S/C30H38F3N5O5/c1-27(2,3)42-26(41)38-17-28(7-4-8-28)22(39)13-20(38)24(40)37-11-9-29(10-12-37,21-6-5-19(31)16-34-21)25-35-23(43-36-25)18-14-30(32,33)15-18/h5-6,16,18,20,22,39H,4,7-15,17H2,1-3H3/t20-,22+/m0/s1. The molecule has 2 amide bonds.